The summed E-state index contributed by atoms with van der Waals surface area (Å²) in [6.07, 6.45) is 1.59. The van der Waals surface area contributed by atoms with Gasteiger partial charge >= 0.3 is 6.09 Å². The van der Waals surface area contributed by atoms with Gasteiger partial charge in [0.05, 0.1) is 47.0 Å². The number of amides is 3. The Bertz CT molecular complexity index is 1850. The molecule has 0 unspecified atom stereocenters. The van der Waals surface area contributed by atoms with E-state index in [1.807, 2.05) is 18.2 Å². The number of aromatic nitrogens is 2. The highest BCUT2D eigenvalue weighted by atomic mass is 35.5. The summed E-state index contributed by atoms with van der Waals surface area (Å²) in [5, 5.41) is 4.78. The highest BCUT2D eigenvalue weighted by Crippen LogP contribution is 2.46. The predicted molar refractivity (Wildman–Crippen MR) is 179 cm³/mol. The highest BCUT2D eigenvalue weighted by Gasteiger charge is 2.43. The van der Waals surface area contributed by atoms with Gasteiger partial charge in [-0.25, -0.2) is 14.8 Å². The van der Waals surface area contributed by atoms with Crippen molar-refractivity contribution in [2.75, 3.05) is 32.6 Å². The van der Waals surface area contributed by atoms with Gasteiger partial charge in [-0.05, 0) is 57.0 Å². The van der Waals surface area contributed by atoms with Crippen LogP contribution >= 0.6 is 23.2 Å². The molecule has 1 aromatic heterocycles. The SMILES string of the molecule is COc1cc(OC)c(Cl)c(-c2ccc3nc(N[C@H]4C[C@@H](CN5C(=O)c6ccccc6C5=O)N(C(=O)OC(C)(C)C)C4)ncc3c2)c1Cl. The Balaban J connectivity index is 1.24. The van der Waals surface area contributed by atoms with Crippen LogP contribution in [0.5, 0.6) is 11.5 Å². The summed E-state index contributed by atoms with van der Waals surface area (Å²) >= 11 is 13.3. The number of halogens is 2. The standard InChI is InChI=1S/C34H33Cl2N5O6/c1-34(2,3)47-33(44)40-16-20(13-21(40)17-41-30(42)22-8-6-7-9-23(22)31(41)43)38-32-37-15-19-12-18(10-11-24(19)39-32)27-28(35)25(45-4)14-26(46-5)29(27)36/h6-12,14-15,20-21H,13,16-17H2,1-5H3,(H,37,38,39)/t20-,21-/m0/s1. The monoisotopic (exact) mass is 677 g/mol. The zero-order valence-corrected chi connectivity index (χ0v) is 28.0. The van der Waals surface area contributed by atoms with Gasteiger partial charge in [-0.3, -0.25) is 14.5 Å². The molecule has 3 aromatic carbocycles. The molecule has 0 saturated carbocycles. The summed E-state index contributed by atoms with van der Waals surface area (Å²) in [6, 6.07) is 13.2. The number of likely N-dealkylation sites (tertiary alicyclic amines) is 1. The molecule has 0 aliphatic carbocycles. The second-order valence-corrected chi connectivity index (χ2v) is 13.1. The van der Waals surface area contributed by atoms with Gasteiger partial charge in [0.2, 0.25) is 5.95 Å². The number of nitrogens with zero attached hydrogens (tertiary/aromatic N) is 4. The Hall–Kier alpha value is -4.61. The number of benzene rings is 3. The third kappa shape index (κ3) is 6.25. The van der Waals surface area contributed by atoms with Gasteiger partial charge in [-0.2, -0.15) is 0 Å². The van der Waals surface area contributed by atoms with Gasteiger partial charge in [-0.1, -0.05) is 41.4 Å². The Morgan fingerprint density at radius 1 is 0.979 bits per heavy atom. The van der Waals surface area contributed by atoms with E-state index >= 15 is 0 Å². The van der Waals surface area contributed by atoms with Crippen LogP contribution < -0.4 is 14.8 Å². The fraction of sp³-hybridized carbons (Fsp3) is 0.324. The molecule has 0 bridgehead atoms. The molecule has 3 heterocycles. The fourth-order valence-corrected chi connectivity index (χ4v) is 6.65. The molecule has 13 heteroatoms. The topological polar surface area (TPSA) is 123 Å². The lowest BCUT2D eigenvalue weighted by Gasteiger charge is -2.30. The Morgan fingerprint density at radius 3 is 2.21 bits per heavy atom. The normalized spacial score (nSPS) is 17.7. The van der Waals surface area contributed by atoms with E-state index in [1.54, 1.807) is 62.2 Å². The van der Waals surface area contributed by atoms with Crippen molar-refractivity contribution in [1.29, 1.82) is 0 Å². The second kappa shape index (κ2) is 12.5. The van der Waals surface area contributed by atoms with Crippen molar-refractivity contribution in [1.82, 2.24) is 19.8 Å². The first-order valence-corrected chi connectivity index (χ1v) is 15.7. The van der Waals surface area contributed by atoms with Crippen LogP contribution in [0.15, 0.2) is 54.7 Å². The third-order valence-corrected chi connectivity index (χ3v) is 8.84. The maximum absolute atomic E-state index is 13.3. The number of carbonyl (C=O) groups excluding carboxylic acids is 3. The van der Waals surface area contributed by atoms with Crippen molar-refractivity contribution in [2.45, 2.75) is 44.9 Å². The van der Waals surface area contributed by atoms with Crippen molar-refractivity contribution < 1.29 is 28.6 Å². The highest BCUT2D eigenvalue weighted by molar-refractivity contribution is 6.41. The van der Waals surface area contributed by atoms with Crippen LogP contribution in [0.4, 0.5) is 10.7 Å². The number of nitrogens with one attached hydrogen (secondary N) is 1. The smallest absolute Gasteiger partial charge is 0.410 e. The first kappa shape index (κ1) is 32.3. The molecule has 47 heavy (non-hydrogen) atoms. The molecular weight excluding hydrogens is 645 g/mol. The minimum Gasteiger partial charge on any atom is -0.495 e. The number of anilines is 1. The summed E-state index contributed by atoms with van der Waals surface area (Å²) < 4.78 is 16.5. The summed E-state index contributed by atoms with van der Waals surface area (Å²) in [4.78, 5) is 51.5. The molecule has 0 spiro atoms. The van der Waals surface area contributed by atoms with Crippen molar-refractivity contribution in [3.8, 4) is 22.6 Å². The van der Waals surface area contributed by atoms with Gasteiger partial charge in [-0.15, -0.1) is 0 Å². The fourth-order valence-electron chi connectivity index (χ4n) is 5.93. The summed E-state index contributed by atoms with van der Waals surface area (Å²) in [7, 11) is 3.04. The number of hydrogen-bond donors (Lipinski definition) is 1. The molecular formula is C34H33Cl2N5O6. The van der Waals surface area contributed by atoms with Gasteiger partial charge in [0.25, 0.3) is 11.8 Å². The number of fused-ring (bicyclic) bond motifs is 2. The van der Waals surface area contributed by atoms with Crippen molar-refractivity contribution in [3.63, 3.8) is 0 Å². The van der Waals surface area contributed by atoms with E-state index in [0.29, 0.717) is 56.1 Å². The lowest BCUT2D eigenvalue weighted by Crippen LogP contribution is -2.46. The van der Waals surface area contributed by atoms with E-state index in [2.05, 4.69) is 10.3 Å². The van der Waals surface area contributed by atoms with Crippen LogP contribution in [-0.4, -0.2) is 82.7 Å². The summed E-state index contributed by atoms with van der Waals surface area (Å²) in [5.41, 5.74) is 1.94. The minimum atomic E-state index is -0.729. The molecule has 2 aliphatic heterocycles. The summed E-state index contributed by atoms with van der Waals surface area (Å²) in [6.45, 7) is 5.66. The maximum atomic E-state index is 13.3. The molecule has 244 valence electrons. The number of ether oxygens (including phenoxy) is 3. The van der Waals surface area contributed by atoms with Crippen molar-refractivity contribution in [2.24, 2.45) is 0 Å². The molecule has 1 fully saturated rings. The lowest BCUT2D eigenvalue weighted by molar-refractivity contribution is 0.0190. The maximum Gasteiger partial charge on any atom is 0.410 e. The first-order valence-electron chi connectivity index (χ1n) is 15.0. The van der Waals surface area contributed by atoms with Gasteiger partial charge in [0, 0.05) is 42.3 Å². The Morgan fingerprint density at radius 2 is 1.62 bits per heavy atom. The van der Waals surface area contributed by atoms with Crippen LogP contribution in [0.2, 0.25) is 10.0 Å². The molecule has 0 radical (unpaired) electrons. The van der Waals surface area contributed by atoms with Crippen LogP contribution in [-0.2, 0) is 4.74 Å². The first-order chi connectivity index (χ1) is 22.4. The number of hydrogen-bond acceptors (Lipinski definition) is 9. The molecule has 3 amide bonds. The third-order valence-electron chi connectivity index (χ3n) is 8.09. The van der Waals surface area contributed by atoms with E-state index in [-0.39, 0.29) is 30.9 Å². The molecule has 2 atom stereocenters. The van der Waals surface area contributed by atoms with Gasteiger partial charge in [0.1, 0.15) is 17.1 Å². The van der Waals surface area contributed by atoms with E-state index < -0.39 is 17.7 Å². The van der Waals surface area contributed by atoms with Crippen molar-refractivity contribution >= 4 is 58.0 Å². The van der Waals surface area contributed by atoms with Gasteiger partial charge in [0.15, 0.2) is 0 Å². The van der Waals surface area contributed by atoms with Crippen LogP contribution in [0.25, 0.3) is 22.0 Å². The Labute approximate surface area is 281 Å². The molecule has 6 rings (SSSR count). The Kier molecular flexibility index (Phi) is 8.62. The quantitative estimate of drug-likeness (QED) is 0.213. The molecule has 11 nitrogen and oxygen atoms in total. The predicted octanol–water partition coefficient (Wildman–Crippen LogP) is 6.71. The van der Waals surface area contributed by atoms with Gasteiger partial charge < -0.3 is 24.4 Å². The van der Waals surface area contributed by atoms with E-state index in [0.717, 1.165) is 10.9 Å². The van der Waals surface area contributed by atoms with E-state index in [1.165, 1.54) is 19.1 Å². The van der Waals surface area contributed by atoms with Crippen LogP contribution in [0, 0.1) is 0 Å². The largest absolute Gasteiger partial charge is 0.495 e. The number of carbonyl (C=O) groups is 3. The zero-order valence-electron chi connectivity index (χ0n) is 26.5. The second-order valence-electron chi connectivity index (χ2n) is 12.4. The average Bonchev–Trinajstić information content (AvgIpc) is 3.54. The molecule has 1 N–H and O–H groups in total. The molecule has 4 aromatic rings. The zero-order chi connectivity index (χ0) is 33.6. The van der Waals surface area contributed by atoms with Crippen LogP contribution in [0.3, 0.4) is 0 Å². The summed E-state index contributed by atoms with van der Waals surface area (Å²) in [5.74, 6) is 0.464. The number of rotatable bonds is 7. The van der Waals surface area contributed by atoms with Crippen LogP contribution in [0.1, 0.15) is 47.9 Å². The van der Waals surface area contributed by atoms with E-state index in [4.69, 9.17) is 42.4 Å². The lowest BCUT2D eigenvalue weighted by atomic mass is 10.0. The average molecular weight is 679 g/mol. The minimum absolute atomic E-state index is 0.0330. The number of imide groups is 1. The van der Waals surface area contributed by atoms with E-state index in [9.17, 15) is 14.4 Å². The number of methoxy groups -OCH3 is 2. The molecule has 2 aliphatic rings. The van der Waals surface area contributed by atoms with Crippen molar-refractivity contribution in [3.05, 3.63) is 75.9 Å². The molecule has 1 saturated heterocycles.